The van der Waals surface area contributed by atoms with E-state index in [9.17, 15) is 24.5 Å². The highest BCUT2D eigenvalue weighted by Crippen LogP contribution is 2.51. The molecule has 10 heteroatoms. The number of fused-ring (bicyclic) bond motifs is 1. The SMILES string of the molecule is CC1(C)CC2/C(=C(/C(=O)Oc3ccc([N+](=O)[O-])cc3)c3ccccn3)C(=O)N2[C@H]1C(=O)OC(c1ccccc1)c1ccccc1. The smallest absolute Gasteiger partial charge is 0.346 e. The van der Waals surface area contributed by atoms with Crippen LogP contribution in [0.4, 0.5) is 5.69 Å². The van der Waals surface area contributed by atoms with Gasteiger partial charge >= 0.3 is 11.9 Å². The van der Waals surface area contributed by atoms with Crippen LogP contribution in [0.1, 0.15) is 43.2 Å². The maximum absolute atomic E-state index is 14.0. The van der Waals surface area contributed by atoms with E-state index in [2.05, 4.69) is 4.98 Å². The third kappa shape index (κ3) is 5.58. The third-order valence-corrected chi connectivity index (χ3v) is 8.19. The first-order chi connectivity index (χ1) is 21.7. The molecular formula is C35H29N3O7. The van der Waals surface area contributed by atoms with E-state index in [1.165, 1.54) is 35.4 Å². The number of benzene rings is 3. The summed E-state index contributed by atoms with van der Waals surface area (Å²) in [6.45, 7) is 3.80. The van der Waals surface area contributed by atoms with Crippen molar-refractivity contribution in [3.05, 3.63) is 142 Å². The van der Waals surface area contributed by atoms with Crippen molar-refractivity contribution >= 4 is 29.1 Å². The third-order valence-electron chi connectivity index (χ3n) is 8.19. The molecule has 0 radical (unpaired) electrons. The Balaban J connectivity index is 1.32. The lowest BCUT2D eigenvalue weighted by Gasteiger charge is -2.42. The Labute approximate surface area is 259 Å². The minimum Gasteiger partial charge on any atom is -0.451 e. The molecule has 226 valence electrons. The van der Waals surface area contributed by atoms with Gasteiger partial charge in [-0.3, -0.25) is 19.9 Å². The summed E-state index contributed by atoms with van der Waals surface area (Å²) in [4.78, 5) is 57.8. The van der Waals surface area contributed by atoms with E-state index in [0.29, 0.717) is 6.42 Å². The van der Waals surface area contributed by atoms with Crippen LogP contribution in [0.2, 0.25) is 0 Å². The van der Waals surface area contributed by atoms with Crippen LogP contribution in [0.3, 0.4) is 0 Å². The average Bonchev–Trinajstić information content (AvgIpc) is 3.30. The van der Waals surface area contributed by atoms with Crippen LogP contribution in [-0.2, 0) is 19.1 Å². The van der Waals surface area contributed by atoms with Gasteiger partial charge in [-0.25, -0.2) is 9.59 Å². The lowest BCUT2D eigenvalue weighted by molar-refractivity contribution is -0.384. The van der Waals surface area contributed by atoms with Gasteiger partial charge in [0.1, 0.15) is 11.8 Å². The molecule has 0 spiro atoms. The van der Waals surface area contributed by atoms with E-state index < -0.39 is 46.4 Å². The molecule has 10 nitrogen and oxygen atoms in total. The van der Waals surface area contributed by atoms with E-state index in [4.69, 9.17) is 9.47 Å². The highest BCUT2D eigenvalue weighted by molar-refractivity contribution is 6.26. The minimum atomic E-state index is -0.899. The zero-order chi connectivity index (χ0) is 31.7. The molecular weight excluding hydrogens is 574 g/mol. The normalized spacial score (nSPS) is 19.4. The van der Waals surface area contributed by atoms with E-state index in [1.807, 2.05) is 74.5 Å². The number of carbonyl (C=O) groups excluding carboxylic acids is 3. The minimum absolute atomic E-state index is 0.0172. The summed E-state index contributed by atoms with van der Waals surface area (Å²) >= 11 is 0. The number of non-ortho nitro benzene ring substituents is 1. The van der Waals surface area contributed by atoms with Gasteiger partial charge in [-0.15, -0.1) is 0 Å². The van der Waals surface area contributed by atoms with Gasteiger partial charge in [0.15, 0.2) is 6.10 Å². The van der Waals surface area contributed by atoms with Gasteiger partial charge in [-0.05, 0) is 47.2 Å². The number of nitrogens with zero attached hydrogens (tertiary/aromatic N) is 3. The fourth-order valence-electron chi connectivity index (χ4n) is 6.11. The summed E-state index contributed by atoms with van der Waals surface area (Å²) in [5.41, 5.74) is 1.18. The van der Waals surface area contributed by atoms with Crippen molar-refractivity contribution in [2.75, 3.05) is 0 Å². The molecule has 2 atom stereocenters. The molecule has 4 aromatic rings. The molecule has 0 saturated carbocycles. The number of β-lactam (4-membered cyclic amide) rings is 1. The number of esters is 2. The van der Waals surface area contributed by atoms with E-state index in [1.54, 1.807) is 18.2 Å². The Hall–Kier alpha value is -5.64. The van der Waals surface area contributed by atoms with Gasteiger partial charge in [0.05, 0.1) is 27.8 Å². The number of ether oxygens (including phenoxy) is 2. The molecule has 45 heavy (non-hydrogen) atoms. The molecule has 1 unspecified atom stereocenters. The van der Waals surface area contributed by atoms with Crippen LogP contribution in [0, 0.1) is 15.5 Å². The number of nitro benzene ring substituents is 1. The maximum atomic E-state index is 14.0. The highest BCUT2D eigenvalue weighted by Gasteiger charge is 2.62. The van der Waals surface area contributed by atoms with Crippen LogP contribution in [0.25, 0.3) is 5.57 Å². The molecule has 0 N–H and O–H groups in total. The van der Waals surface area contributed by atoms with Gasteiger partial charge in [0.25, 0.3) is 11.6 Å². The van der Waals surface area contributed by atoms with Crippen molar-refractivity contribution in [2.24, 2.45) is 5.41 Å². The quantitative estimate of drug-likeness (QED) is 0.0627. The second-order valence-corrected chi connectivity index (χ2v) is 11.6. The number of rotatable bonds is 8. The topological polar surface area (TPSA) is 129 Å². The van der Waals surface area contributed by atoms with Crippen LogP contribution >= 0.6 is 0 Å². The summed E-state index contributed by atoms with van der Waals surface area (Å²) in [5, 5.41) is 11.0. The van der Waals surface area contributed by atoms with Crippen LogP contribution < -0.4 is 4.74 Å². The molecule has 2 aliphatic rings. The van der Waals surface area contributed by atoms with Crippen molar-refractivity contribution in [1.82, 2.24) is 9.88 Å². The second kappa shape index (κ2) is 11.8. The first-order valence-corrected chi connectivity index (χ1v) is 14.4. The molecule has 6 rings (SSSR count). The number of aromatic nitrogens is 1. The number of hydrogen-bond donors (Lipinski definition) is 0. The Morgan fingerprint density at radius 1 is 0.911 bits per heavy atom. The fourth-order valence-corrected chi connectivity index (χ4v) is 6.11. The molecule has 0 aliphatic carbocycles. The number of hydrogen-bond acceptors (Lipinski definition) is 8. The van der Waals surface area contributed by atoms with E-state index in [0.717, 1.165) is 11.1 Å². The Bertz CT molecular complexity index is 1750. The lowest BCUT2D eigenvalue weighted by Crippen LogP contribution is -2.58. The maximum Gasteiger partial charge on any atom is 0.346 e. The van der Waals surface area contributed by atoms with Crippen molar-refractivity contribution < 1.29 is 28.8 Å². The number of pyridine rings is 1. The van der Waals surface area contributed by atoms with Gasteiger partial charge < -0.3 is 14.4 Å². The van der Waals surface area contributed by atoms with Crippen LogP contribution in [0.5, 0.6) is 5.75 Å². The molecule has 3 heterocycles. The summed E-state index contributed by atoms with van der Waals surface area (Å²) in [5.74, 6) is -1.78. The monoisotopic (exact) mass is 603 g/mol. The molecule has 2 aliphatic heterocycles. The van der Waals surface area contributed by atoms with Gasteiger partial charge in [0.2, 0.25) is 0 Å². The highest BCUT2D eigenvalue weighted by atomic mass is 16.6. The average molecular weight is 604 g/mol. The fraction of sp³-hybridized carbons (Fsp3) is 0.200. The van der Waals surface area contributed by atoms with Crippen LogP contribution in [0.15, 0.2) is 115 Å². The summed E-state index contributed by atoms with van der Waals surface area (Å²) in [7, 11) is 0. The Kier molecular flexibility index (Phi) is 7.72. The number of nitro groups is 1. The van der Waals surface area contributed by atoms with Crippen LogP contribution in [-0.4, -0.2) is 44.7 Å². The van der Waals surface area contributed by atoms with Crippen molar-refractivity contribution in [3.8, 4) is 5.75 Å². The van der Waals surface area contributed by atoms with E-state index >= 15 is 0 Å². The Morgan fingerprint density at radius 2 is 1.51 bits per heavy atom. The molecule has 2 fully saturated rings. The molecule has 3 aromatic carbocycles. The summed E-state index contributed by atoms with van der Waals surface area (Å²) in [6, 6.07) is 27.4. The summed E-state index contributed by atoms with van der Waals surface area (Å²) in [6.07, 6.45) is 1.22. The zero-order valence-corrected chi connectivity index (χ0v) is 24.5. The Morgan fingerprint density at radius 3 is 2.07 bits per heavy atom. The first-order valence-electron chi connectivity index (χ1n) is 14.4. The predicted molar refractivity (Wildman–Crippen MR) is 164 cm³/mol. The first kappa shape index (κ1) is 29.4. The standard InChI is InChI=1S/C35H29N3O7/c1-35(2)21-27-29(28(26-15-9-10-20-36-26)33(40)44-25-18-16-24(17-19-25)38(42)43)32(39)37(27)31(35)34(41)45-30(22-11-5-3-6-12-22)23-13-7-4-8-14-23/h3-20,27,30-31H,21H2,1-2H3/b29-28-/t27?,31-/m0/s1. The van der Waals surface area contributed by atoms with Gasteiger partial charge in [0, 0.05) is 18.3 Å². The largest absolute Gasteiger partial charge is 0.451 e. The predicted octanol–water partition coefficient (Wildman–Crippen LogP) is 5.69. The van der Waals surface area contributed by atoms with Gasteiger partial charge in [-0.1, -0.05) is 80.6 Å². The van der Waals surface area contributed by atoms with E-state index in [-0.39, 0.29) is 28.3 Å². The molecule has 0 bridgehead atoms. The van der Waals surface area contributed by atoms with Crippen molar-refractivity contribution in [3.63, 3.8) is 0 Å². The molecule has 2 saturated heterocycles. The molecule has 1 amide bonds. The van der Waals surface area contributed by atoms with Crippen molar-refractivity contribution in [1.29, 1.82) is 0 Å². The molecule has 1 aromatic heterocycles. The summed E-state index contributed by atoms with van der Waals surface area (Å²) < 4.78 is 11.8. The lowest BCUT2D eigenvalue weighted by atomic mass is 9.82. The van der Waals surface area contributed by atoms with Crippen molar-refractivity contribution in [2.45, 2.75) is 38.5 Å². The zero-order valence-electron chi connectivity index (χ0n) is 24.5. The number of carbonyl (C=O) groups is 3. The second-order valence-electron chi connectivity index (χ2n) is 11.6. The van der Waals surface area contributed by atoms with Gasteiger partial charge in [-0.2, -0.15) is 0 Å². The number of amides is 1.